The van der Waals surface area contributed by atoms with E-state index in [2.05, 4.69) is 15.6 Å². The molecule has 2 heterocycles. The molecule has 0 saturated carbocycles. The summed E-state index contributed by atoms with van der Waals surface area (Å²) in [7, 11) is 0. The molecule has 0 spiro atoms. The van der Waals surface area contributed by atoms with Crippen LogP contribution in [0.15, 0.2) is 18.3 Å². The Kier molecular flexibility index (Phi) is 3.31. The predicted molar refractivity (Wildman–Crippen MR) is 60.4 cm³/mol. The van der Waals surface area contributed by atoms with E-state index in [0.29, 0.717) is 18.3 Å². The molecule has 6 heteroatoms. The lowest BCUT2D eigenvalue weighted by Crippen LogP contribution is -2.29. The van der Waals surface area contributed by atoms with Crippen LogP contribution in [-0.2, 0) is 0 Å². The lowest BCUT2D eigenvalue weighted by atomic mass is 10.2. The van der Waals surface area contributed by atoms with Gasteiger partial charge in [0.2, 0.25) is 0 Å². The second kappa shape index (κ2) is 4.89. The van der Waals surface area contributed by atoms with Gasteiger partial charge in [-0.1, -0.05) is 0 Å². The van der Waals surface area contributed by atoms with Crippen molar-refractivity contribution in [2.75, 3.05) is 18.4 Å². The van der Waals surface area contributed by atoms with Gasteiger partial charge in [0.15, 0.2) is 0 Å². The van der Waals surface area contributed by atoms with Crippen molar-refractivity contribution in [2.24, 2.45) is 0 Å². The molecule has 0 aromatic carbocycles. The first-order valence-electron chi connectivity index (χ1n) is 5.34. The van der Waals surface area contributed by atoms with Crippen LogP contribution in [0.2, 0.25) is 0 Å². The molecule has 6 nitrogen and oxygen atoms in total. The van der Waals surface area contributed by atoms with Gasteiger partial charge in [-0.15, -0.1) is 0 Å². The third-order valence-corrected chi connectivity index (χ3v) is 2.66. The Hall–Kier alpha value is -1.69. The maximum Gasteiger partial charge on any atom is 0.386 e. The Morgan fingerprint density at radius 2 is 2.56 bits per heavy atom. The van der Waals surface area contributed by atoms with Gasteiger partial charge >= 0.3 is 5.82 Å². The number of nitrogens with one attached hydrogen (secondary N) is 2. The third kappa shape index (κ3) is 2.46. The lowest BCUT2D eigenvalue weighted by Gasteiger charge is -2.11. The first-order chi connectivity index (χ1) is 7.77. The van der Waals surface area contributed by atoms with Gasteiger partial charge in [0, 0.05) is 12.6 Å². The molecule has 1 aromatic heterocycles. The monoisotopic (exact) mass is 222 g/mol. The van der Waals surface area contributed by atoms with Crippen LogP contribution < -0.4 is 10.6 Å². The summed E-state index contributed by atoms with van der Waals surface area (Å²) in [6.45, 7) is 1.73. The number of pyridine rings is 1. The van der Waals surface area contributed by atoms with E-state index in [4.69, 9.17) is 0 Å². The van der Waals surface area contributed by atoms with Crippen LogP contribution in [0, 0.1) is 10.1 Å². The molecular formula is C10H14N4O2. The minimum Gasteiger partial charge on any atom is -0.377 e. The maximum absolute atomic E-state index is 10.7. The Morgan fingerprint density at radius 1 is 1.69 bits per heavy atom. The van der Waals surface area contributed by atoms with E-state index in [1.807, 2.05) is 0 Å². The van der Waals surface area contributed by atoms with Crippen LogP contribution >= 0.6 is 0 Å². The van der Waals surface area contributed by atoms with Gasteiger partial charge in [-0.25, -0.2) is 0 Å². The Bertz CT molecular complexity index is 377. The van der Waals surface area contributed by atoms with E-state index < -0.39 is 4.92 Å². The van der Waals surface area contributed by atoms with Crippen molar-refractivity contribution in [1.82, 2.24) is 10.3 Å². The fourth-order valence-electron chi connectivity index (χ4n) is 1.84. The van der Waals surface area contributed by atoms with Crippen LogP contribution in [0.3, 0.4) is 0 Å². The minimum atomic E-state index is -0.468. The molecule has 1 unspecified atom stereocenters. The molecule has 0 radical (unpaired) electrons. The fraction of sp³-hybridized carbons (Fsp3) is 0.500. The number of nitro groups is 1. The summed E-state index contributed by atoms with van der Waals surface area (Å²) in [4.78, 5) is 14.0. The van der Waals surface area contributed by atoms with Crippen molar-refractivity contribution in [3.63, 3.8) is 0 Å². The van der Waals surface area contributed by atoms with E-state index in [1.54, 1.807) is 12.1 Å². The second-order valence-corrected chi connectivity index (χ2v) is 3.81. The summed E-state index contributed by atoms with van der Waals surface area (Å²) in [6.07, 6.45) is 3.71. The highest BCUT2D eigenvalue weighted by atomic mass is 16.6. The Balaban J connectivity index is 2.00. The van der Waals surface area contributed by atoms with E-state index in [1.165, 1.54) is 12.6 Å². The zero-order valence-corrected chi connectivity index (χ0v) is 8.85. The van der Waals surface area contributed by atoms with Crippen molar-refractivity contribution < 1.29 is 4.92 Å². The van der Waals surface area contributed by atoms with E-state index in [9.17, 15) is 10.1 Å². The van der Waals surface area contributed by atoms with Crippen molar-refractivity contribution in [3.8, 4) is 0 Å². The normalized spacial score (nSPS) is 19.6. The number of nitrogens with zero attached hydrogens (tertiary/aromatic N) is 2. The molecule has 2 N–H and O–H groups in total. The molecule has 86 valence electrons. The molecule has 1 fully saturated rings. The summed E-state index contributed by atoms with van der Waals surface area (Å²) in [5.74, 6) is -0.111. The molecular weight excluding hydrogens is 208 g/mol. The van der Waals surface area contributed by atoms with Crippen molar-refractivity contribution in [2.45, 2.75) is 18.9 Å². The third-order valence-electron chi connectivity index (χ3n) is 2.66. The van der Waals surface area contributed by atoms with Gasteiger partial charge in [0.05, 0.1) is 0 Å². The number of aromatic nitrogens is 1. The standard InChI is InChI=1S/C10H14N4O2/c15-14(16)10-9(4-2-6-12-10)13-7-8-3-1-5-11-8/h2,4,6,8,11,13H,1,3,5,7H2. The molecule has 0 aliphatic carbocycles. The van der Waals surface area contributed by atoms with Crippen LogP contribution in [-0.4, -0.2) is 29.0 Å². The highest BCUT2D eigenvalue weighted by Gasteiger charge is 2.17. The topological polar surface area (TPSA) is 80.1 Å². The summed E-state index contributed by atoms with van der Waals surface area (Å²) in [5, 5.41) is 17.1. The van der Waals surface area contributed by atoms with Crippen LogP contribution in [0.4, 0.5) is 11.5 Å². The van der Waals surface area contributed by atoms with Gasteiger partial charge in [0.25, 0.3) is 0 Å². The smallest absolute Gasteiger partial charge is 0.377 e. The molecule has 1 atom stereocenters. The molecule has 16 heavy (non-hydrogen) atoms. The first-order valence-corrected chi connectivity index (χ1v) is 5.34. The SMILES string of the molecule is O=[N+]([O-])c1ncccc1NCC1CCCN1. The van der Waals surface area contributed by atoms with Crippen LogP contribution in [0.5, 0.6) is 0 Å². The molecule has 0 bridgehead atoms. The molecule has 2 rings (SSSR count). The highest BCUT2D eigenvalue weighted by Crippen LogP contribution is 2.20. The van der Waals surface area contributed by atoms with Gasteiger partial charge < -0.3 is 20.7 Å². The number of hydrogen-bond acceptors (Lipinski definition) is 5. The Morgan fingerprint density at radius 3 is 3.25 bits per heavy atom. The van der Waals surface area contributed by atoms with E-state index >= 15 is 0 Å². The molecule has 0 amide bonds. The van der Waals surface area contributed by atoms with Crippen molar-refractivity contribution in [1.29, 1.82) is 0 Å². The van der Waals surface area contributed by atoms with Gasteiger partial charge in [-0.2, -0.15) is 0 Å². The molecule has 1 aromatic rings. The number of anilines is 1. The molecule has 1 aliphatic rings. The zero-order chi connectivity index (χ0) is 11.4. The quantitative estimate of drug-likeness (QED) is 0.590. The zero-order valence-electron chi connectivity index (χ0n) is 8.85. The number of hydrogen-bond donors (Lipinski definition) is 2. The summed E-state index contributed by atoms with van der Waals surface area (Å²) >= 11 is 0. The lowest BCUT2D eigenvalue weighted by molar-refractivity contribution is -0.388. The van der Waals surface area contributed by atoms with E-state index in [0.717, 1.165) is 13.0 Å². The van der Waals surface area contributed by atoms with Crippen LogP contribution in [0.1, 0.15) is 12.8 Å². The summed E-state index contributed by atoms with van der Waals surface area (Å²) in [5.41, 5.74) is 0.487. The number of rotatable bonds is 4. The van der Waals surface area contributed by atoms with Gasteiger partial charge in [-0.3, -0.25) is 0 Å². The average Bonchev–Trinajstić information content (AvgIpc) is 2.79. The van der Waals surface area contributed by atoms with Crippen LogP contribution in [0.25, 0.3) is 0 Å². The van der Waals surface area contributed by atoms with Crippen molar-refractivity contribution >= 4 is 11.5 Å². The minimum absolute atomic E-state index is 0.111. The largest absolute Gasteiger partial charge is 0.386 e. The Labute approximate surface area is 93.2 Å². The predicted octanol–water partition coefficient (Wildman–Crippen LogP) is 1.15. The van der Waals surface area contributed by atoms with Crippen molar-refractivity contribution in [3.05, 3.63) is 28.4 Å². The van der Waals surface area contributed by atoms with Gasteiger partial charge in [-0.05, 0) is 41.4 Å². The van der Waals surface area contributed by atoms with Gasteiger partial charge in [0.1, 0.15) is 11.9 Å². The maximum atomic E-state index is 10.7. The summed E-state index contributed by atoms with van der Waals surface area (Å²) in [6, 6.07) is 3.78. The molecule has 1 saturated heterocycles. The molecule has 1 aliphatic heterocycles. The highest BCUT2D eigenvalue weighted by molar-refractivity contribution is 5.56. The van der Waals surface area contributed by atoms with E-state index in [-0.39, 0.29) is 5.82 Å². The second-order valence-electron chi connectivity index (χ2n) is 3.81. The average molecular weight is 222 g/mol. The fourth-order valence-corrected chi connectivity index (χ4v) is 1.84. The summed E-state index contributed by atoms with van der Waals surface area (Å²) < 4.78 is 0. The first kappa shape index (κ1) is 10.8.